The van der Waals surface area contributed by atoms with Crippen LogP contribution in [0, 0.1) is 17.9 Å². The second kappa shape index (κ2) is 12.0. The maximum atomic E-state index is 9.60. The van der Waals surface area contributed by atoms with E-state index in [4.69, 9.17) is 11.6 Å². The predicted molar refractivity (Wildman–Crippen MR) is 203 cm³/mol. The van der Waals surface area contributed by atoms with Crippen molar-refractivity contribution in [1.82, 2.24) is 9.55 Å². The number of fused-ring (bicyclic) bond motifs is 5. The SMILES string of the molecule is [C-]#[N+]c1ccc(N(c2ccc(C#N)cc2)c2cc(N3c4ccccc4Sc4ccccc43)nc(-n3c4ccccc4c4ccccc43)c2)cc1. The molecule has 0 amide bonds. The Labute approximate surface area is 293 Å². The number of hydrogen-bond donors (Lipinski definition) is 0. The highest BCUT2D eigenvalue weighted by molar-refractivity contribution is 7.99. The summed E-state index contributed by atoms with van der Waals surface area (Å²) in [5.41, 5.74) is 8.01. The molecule has 3 heterocycles. The minimum Gasteiger partial charge on any atom is -0.310 e. The maximum absolute atomic E-state index is 9.60. The molecule has 0 fully saturated rings. The highest BCUT2D eigenvalue weighted by Crippen LogP contribution is 2.52. The van der Waals surface area contributed by atoms with Crippen LogP contribution in [0.25, 0.3) is 32.5 Å². The Morgan fingerprint density at radius 1 is 0.600 bits per heavy atom. The van der Waals surface area contributed by atoms with Crippen LogP contribution in [0.5, 0.6) is 0 Å². The fraction of sp³-hybridized carbons (Fsp3) is 0. The first kappa shape index (κ1) is 29.3. The molecule has 0 unspecified atom stereocenters. The van der Waals surface area contributed by atoms with E-state index in [1.54, 1.807) is 11.8 Å². The van der Waals surface area contributed by atoms with E-state index in [0.717, 1.165) is 71.7 Å². The number of para-hydroxylation sites is 4. The van der Waals surface area contributed by atoms with Gasteiger partial charge in [0.15, 0.2) is 5.69 Å². The third-order valence-electron chi connectivity index (χ3n) is 9.00. The maximum Gasteiger partial charge on any atom is 0.187 e. The van der Waals surface area contributed by atoms with Crippen molar-refractivity contribution in [2.75, 3.05) is 9.80 Å². The summed E-state index contributed by atoms with van der Waals surface area (Å²) in [6.07, 6.45) is 0. The quantitative estimate of drug-likeness (QED) is 0.172. The molecule has 6 aromatic carbocycles. The lowest BCUT2D eigenvalue weighted by Gasteiger charge is -2.33. The zero-order valence-electron chi connectivity index (χ0n) is 26.6. The van der Waals surface area contributed by atoms with Crippen LogP contribution in [-0.2, 0) is 0 Å². The molecule has 1 aliphatic heterocycles. The minimum atomic E-state index is 0.564. The highest BCUT2D eigenvalue weighted by atomic mass is 32.2. The number of hydrogen-bond acceptors (Lipinski definition) is 5. The van der Waals surface area contributed by atoms with Crippen molar-refractivity contribution in [1.29, 1.82) is 5.26 Å². The van der Waals surface area contributed by atoms with Gasteiger partial charge in [0.2, 0.25) is 0 Å². The van der Waals surface area contributed by atoms with Crippen LogP contribution in [0.15, 0.2) is 168 Å². The van der Waals surface area contributed by atoms with E-state index in [9.17, 15) is 5.26 Å². The Hall–Kier alpha value is -6.80. The van der Waals surface area contributed by atoms with Gasteiger partial charge >= 0.3 is 0 Å². The highest BCUT2D eigenvalue weighted by Gasteiger charge is 2.27. The predicted octanol–water partition coefficient (Wildman–Crippen LogP) is 12.0. The number of nitrogens with zero attached hydrogens (tertiary/aromatic N) is 6. The zero-order chi connectivity index (χ0) is 33.6. The van der Waals surface area contributed by atoms with Crippen molar-refractivity contribution in [3.63, 3.8) is 0 Å². The molecule has 0 N–H and O–H groups in total. The van der Waals surface area contributed by atoms with Crippen LogP contribution < -0.4 is 9.80 Å². The molecule has 0 saturated carbocycles. The molecule has 1 aliphatic rings. The summed E-state index contributed by atoms with van der Waals surface area (Å²) in [7, 11) is 0. The average Bonchev–Trinajstić information content (AvgIpc) is 3.52. The second-order valence-corrected chi connectivity index (χ2v) is 13.0. The summed E-state index contributed by atoms with van der Waals surface area (Å²) in [5, 5.41) is 11.9. The van der Waals surface area contributed by atoms with Crippen molar-refractivity contribution in [3.8, 4) is 11.9 Å². The Morgan fingerprint density at radius 2 is 1.12 bits per heavy atom. The minimum absolute atomic E-state index is 0.564. The Kier molecular flexibility index (Phi) is 7.05. The molecule has 50 heavy (non-hydrogen) atoms. The van der Waals surface area contributed by atoms with Crippen LogP contribution in [-0.4, -0.2) is 9.55 Å². The van der Waals surface area contributed by atoms with Gasteiger partial charge in [-0.1, -0.05) is 84.6 Å². The van der Waals surface area contributed by atoms with Crippen LogP contribution in [0.3, 0.4) is 0 Å². The molecule has 0 atom stereocenters. The largest absolute Gasteiger partial charge is 0.310 e. The van der Waals surface area contributed by atoms with Crippen LogP contribution >= 0.6 is 11.8 Å². The Morgan fingerprint density at radius 3 is 1.70 bits per heavy atom. The molecular weight excluding hydrogens is 633 g/mol. The van der Waals surface area contributed by atoms with E-state index in [-0.39, 0.29) is 0 Å². The first-order chi connectivity index (χ1) is 24.7. The van der Waals surface area contributed by atoms with Gasteiger partial charge in [0.1, 0.15) is 11.6 Å². The van der Waals surface area contributed by atoms with E-state index in [1.165, 1.54) is 0 Å². The van der Waals surface area contributed by atoms with Crippen molar-refractivity contribution < 1.29 is 0 Å². The number of anilines is 6. The van der Waals surface area contributed by atoms with Gasteiger partial charge in [0.05, 0.1) is 46.3 Å². The number of pyridine rings is 1. The van der Waals surface area contributed by atoms with Crippen LogP contribution in [0.2, 0.25) is 0 Å². The van der Waals surface area contributed by atoms with E-state index in [1.807, 2.05) is 48.5 Å². The first-order valence-corrected chi connectivity index (χ1v) is 17.0. The Balaban J connectivity index is 1.37. The van der Waals surface area contributed by atoms with Gasteiger partial charge < -0.3 is 4.90 Å². The van der Waals surface area contributed by atoms with Gasteiger partial charge in [-0.05, 0) is 72.8 Å². The molecule has 2 aromatic heterocycles. The van der Waals surface area contributed by atoms with Gasteiger partial charge in [-0.15, -0.1) is 0 Å². The molecule has 0 bridgehead atoms. The molecule has 0 radical (unpaired) electrons. The van der Waals surface area contributed by atoms with Gasteiger partial charge in [-0.25, -0.2) is 9.83 Å². The number of nitriles is 1. The summed E-state index contributed by atoms with van der Waals surface area (Å²) >= 11 is 1.76. The molecule has 8 aromatic rings. The van der Waals surface area contributed by atoms with Gasteiger partial charge in [-0.3, -0.25) is 9.47 Å². The normalized spacial score (nSPS) is 11.8. The molecule has 0 aliphatic carbocycles. The lowest BCUT2D eigenvalue weighted by atomic mass is 10.1. The second-order valence-electron chi connectivity index (χ2n) is 11.9. The van der Waals surface area contributed by atoms with Crippen molar-refractivity contribution in [2.24, 2.45) is 0 Å². The standard InChI is InChI=1S/C43H26N6S/c1-45-30-20-24-32(25-21-30)47(31-22-18-29(28-44)19-23-31)33-26-42(48-36-12-4-2-10-34(36)35-11-3-5-13-37(35)48)46-43(27-33)49-38-14-6-8-16-40(38)50-41-17-9-7-15-39(41)49/h2-27H. The van der Waals surface area contributed by atoms with Crippen molar-refractivity contribution in [2.45, 2.75) is 9.79 Å². The summed E-state index contributed by atoms with van der Waals surface area (Å²) in [5.74, 6) is 1.52. The number of aromatic nitrogens is 2. The lowest BCUT2D eigenvalue weighted by molar-refractivity contribution is 1.04. The van der Waals surface area contributed by atoms with E-state index < -0.39 is 0 Å². The van der Waals surface area contributed by atoms with E-state index in [2.05, 4.69) is 134 Å². The zero-order valence-corrected chi connectivity index (χ0v) is 27.4. The van der Waals surface area contributed by atoms with Gasteiger partial charge in [0.25, 0.3) is 0 Å². The molecule has 234 valence electrons. The van der Waals surface area contributed by atoms with Crippen molar-refractivity contribution >= 4 is 73.5 Å². The molecule has 7 heteroatoms. The average molecular weight is 659 g/mol. The molecule has 0 saturated heterocycles. The number of benzene rings is 6. The molecular formula is C43H26N6S. The Bertz CT molecular complexity index is 2510. The number of rotatable bonds is 5. The molecule has 6 nitrogen and oxygen atoms in total. The third-order valence-corrected chi connectivity index (χ3v) is 10.1. The topological polar surface area (TPSA) is 52.5 Å². The lowest BCUT2D eigenvalue weighted by Crippen LogP contribution is -2.18. The van der Waals surface area contributed by atoms with Crippen LogP contribution in [0.1, 0.15) is 5.56 Å². The smallest absolute Gasteiger partial charge is 0.187 e. The summed E-state index contributed by atoms with van der Waals surface area (Å²) in [6, 6.07) is 55.5. The van der Waals surface area contributed by atoms with E-state index in [0.29, 0.717) is 11.3 Å². The monoisotopic (exact) mass is 658 g/mol. The van der Waals surface area contributed by atoms with E-state index >= 15 is 0 Å². The van der Waals surface area contributed by atoms with Crippen molar-refractivity contribution in [3.05, 3.63) is 175 Å². The van der Waals surface area contributed by atoms with Gasteiger partial charge in [0, 0.05) is 44.1 Å². The summed E-state index contributed by atoms with van der Waals surface area (Å²) in [4.78, 5) is 15.8. The third kappa shape index (κ3) is 4.85. The van der Waals surface area contributed by atoms with Crippen LogP contribution in [0.4, 0.5) is 39.9 Å². The fourth-order valence-electron chi connectivity index (χ4n) is 6.78. The first-order valence-electron chi connectivity index (χ1n) is 16.1. The molecule has 9 rings (SSSR count). The summed E-state index contributed by atoms with van der Waals surface area (Å²) < 4.78 is 2.24. The molecule has 0 spiro atoms. The van der Waals surface area contributed by atoms with Gasteiger partial charge in [-0.2, -0.15) is 5.26 Å². The summed E-state index contributed by atoms with van der Waals surface area (Å²) in [6.45, 7) is 7.56. The fourth-order valence-corrected chi connectivity index (χ4v) is 7.83.